The summed E-state index contributed by atoms with van der Waals surface area (Å²) in [5, 5.41) is 23.5. The van der Waals surface area contributed by atoms with Gasteiger partial charge in [0.1, 0.15) is 0 Å². The lowest BCUT2D eigenvalue weighted by Crippen LogP contribution is -2.52. The number of rotatable bonds is 5. The normalized spacial score (nSPS) is 20.6. The van der Waals surface area contributed by atoms with Gasteiger partial charge in [-0.05, 0) is 6.92 Å². The van der Waals surface area contributed by atoms with Crippen molar-refractivity contribution < 1.29 is 19.8 Å². The molecule has 1 amide bonds. The molecular weight excluding hydrogens is 226 g/mol. The average molecular weight is 245 g/mol. The lowest BCUT2D eigenvalue weighted by atomic mass is 10.2. The summed E-state index contributed by atoms with van der Waals surface area (Å²) in [5.41, 5.74) is 0. The van der Waals surface area contributed by atoms with Crippen LogP contribution in [0.4, 0.5) is 0 Å². The van der Waals surface area contributed by atoms with Crippen LogP contribution >= 0.6 is 0 Å². The Morgan fingerprint density at radius 3 is 2.47 bits per heavy atom. The molecule has 1 aliphatic rings. The fraction of sp³-hybridized carbons (Fsp3) is 0.800. The maximum atomic E-state index is 11.6. The second kappa shape index (κ2) is 6.53. The van der Waals surface area contributed by atoms with E-state index in [9.17, 15) is 14.7 Å². The number of nitrogens with zero attached hydrogens (tertiary/aromatic N) is 1. The van der Waals surface area contributed by atoms with E-state index >= 15 is 0 Å². The van der Waals surface area contributed by atoms with Gasteiger partial charge < -0.3 is 20.8 Å². The van der Waals surface area contributed by atoms with Crippen LogP contribution in [0.2, 0.25) is 0 Å². The summed E-state index contributed by atoms with van der Waals surface area (Å²) < 4.78 is 0. The Hall–Kier alpha value is -1.18. The molecule has 0 radical (unpaired) electrons. The van der Waals surface area contributed by atoms with Crippen molar-refractivity contribution in [2.24, 2.45) is 0 Å². The molecule has 7 nitrogen and oxygen atoms in total. The van der Waals surface area contributed by atoms with Crippen molar-refractivity contribution >= 4 is 11.9 Å². The highest BCUT2D eigenvalue weighted by molar-refractivity contribution is 5.85. The summed E-state index contributed by atoms with van der Waals surface area (Å²) in [6.45, 7) is 4.68. The maximum Gasteiger partial charge on any atom is 0.328 e. The van der Waals surface area contributed by atoms with Crippen LogP contribution in [-0.4, -0.2) is 71.9 Å². The van der Waals surface area contributed by atoms with E-state index in [1.165, 1.54) is 6.92 Å². The fourth-order valence-electron chi connectivity index (χ4n) is 1.68. The predicted molar refractivity (Wildman–Crippen MR) is 60.6 cm³/mol. The number of carbonyl (C=O) groups excluding carboxylic acids is 1. The van der Waals surface area contributed by atoms with Gasteiger partial charge in [-0.15, -0.1) is 0 Å². The molecule has 1 rings (SSSR count). The van der Waals surface area contributed by atoms with Crippen molar-refractivity contribution in [2.75, 3.05) is 32.7 Å². The zero-order valence-corrected chi connectivity index (χ0v) is 9.85. The molecule has 1 saturated heterocycles. The Bertz CT molecular complexity index is 277. The molecule has 7 heteroatoms. The van der Waals surface area contributed by atoms with Crippen LogP contribution in [0, 0.1) is 0 Å². The number of hydrogen-bond donors (Lipinski definition) is 4. The minimum atomic E-state index is -1.24. The molecule has 4 N–H and O–H groups in total. The second-order valence-electron chi connectivity index (χ2n) is 4.15. The van der Waals surface area contributed by atoms with Gasteiger partial charge in [0.2, 0.25) is 5.91 Å². The van der Waals surface area contributed by atoms with Crippen LogP contribution in [0.3, 0.4) is 0 Å². The van der Waals surface area contributed by atoms with Crippen molar-refractivity contribution in [3.8, 4) is 0 Å². The third kappa shape index (κ3) is 4.68. The quantitative estimate of drug-likeness (QED) is 0.440. The van der Waals surface area contributed by atoms with Crippen LogP contribution in [-0.2, 0) is 9.59 Å². The molecule has 0 aromatic rings. The Balaban J connectivity index is 2.38. The predicted octanol–water partition coefficient (Wildman–Crippen LogP) is -2.16. The summed E-state index contributed by atoms with van der Waals surface area (Å²) in [5.74, 6) is -1.60. The van der Waals surface area contributed by atoms with Gasteiger partial charge >= 0.3 is 5.97 Å². The lowest BCUT2D eigenvalue weighted by Gasteiger charge is -2.27. The first kappa shape index (κ1) is 13.9. The molecule has 0 aliphatic carbocycles. The third-order valence-electron chi connectivity index (χ3n) is 2.64. The first-order valence-electron chi connectivity index (χ1n) is 5.64. The number of aliphatic hydroxyl groups excluding tert-OH is 1. The van der Waals surface area contributed by atoms with E-state index < -0.39 is 18.1 Å². The molecule has 1 aliphatic heterocycles. The summed E-state index contributed by atoms with van der Waals surface area (Å²) in [6, 6.07) is -1.24. The van der Waals surface area contributed by atoms with Gasteiger partial charge in [0.25, 0.3) is 0 Å². The lowest BCUT2D eigenvalue weighted by molar-refractivity contribution is -0.145. The van der Waals surface area contributed by atoms with Gasteiger partial charge in [-0.25, -0.2) is 4.79 Å². The van der Waals surface area contributed by atoms with E-state index in [1.54, 1.807) is 0 Å². The van der Waals surface area contributed by atoms with E-state index in [1.807, 2.05) is 4.90 Å². The van der Waals surface area contributed by atoms with Crippen molar-refractivity contribution in [1.82, 2.24) is 15.5 Å². The Labute approximate surface area is 99.8 Å². The van der Waals surface area contributed by atoms with Gasteiger partial charge in [0, 0.05) is 26.2 Å². The fourth-order valence-corrected chi connectivity index (χ4v) is 1.68. The summed E-state index contributed by atoms with van der Waals surface area (Å²) >= 11 is 0. The molecule has 0 bridgehead atoms. The third-order valence-corrected chi connectivity index (χ3v) is 2.64. The Morgan fingerprint density at radius 1 is 1.41 bits per heavy atom. The smallest absolute Gasteiger partial charge is 0.328 e. The maximum absolute atomic E-state index is 11.6. The van der Waals surface area contributed by atoms with Gasteiger partial charge in [0.05, 0.1) is 12.6 Å². The van der Waals surface area contributed by atoms with E-state index in [0.29, 0.717) is 0 Å². The molecule has 1 fully saturated rings. The van der Waals surface area contributed by atoms with Gasteiger partial charge in [-0.1, -0.05) is 0 Å². The van der Waals surface area contributed by atoms with E-state index in [4.69, 9.17) is 5.11 Å². The second-order valence-corrected chi connectivity index (χ2v) is 4.15. The highest BCUT2D eigenvalue weighted by atomic mass is 16.4. The number of carbonyl (C=O) groups is 2. The van der Waals surface area contributed by atoms with Crippen molar-refractivity contribution in [3.05, 3.63) is 0 Å². The van der Waals surface area contributed by atoms with Crippen LogP contribution in [0.25, 0.3) is 0 Å². The minimum Gasteiger partial charge on any atom is -0.480 e. The zero-order chi connectivity index (χ0) is 12.8. The van der Waals surface area contributed by atoms with Gasteiger partial charge in [-0.3, -0.25) is 9.69 Å². The standard InChI is InChI=1S/C10H19N3O4/c1-7(14)9(10(16)17)12-8(15)6-13-4-2-11-3-5-13/h7,9,11,14H,2-6H2,1H3,(H,12,15)(H,16,17)/t7-,9+/m1/s1. The Morgan fingerprint density at radius 2 is 2.00 bits per heavy atom. The first-order valence-corrected chi connectivity index (χ1v) is 5.64. The topological polar surface area (TPSA) is 102 Å². The molecule has 0 spiro atoms. The highest BCUT2D eigenvalue weighted by Gasteiger charge is 2.25. The van der Waals surface area contributed by atoms with Crippen LogP contribution in [0.1, 0.15) is 6.92 Å². The highest BCUT2D eigenvalue weighted by Crippen LogP contribution is 1.95. The monoisotopic (exact) mass is 245 g/mol. The molecule has 0 unspecified atom stereocenters. The molecule has 17 heavy (non-hydrogen) atoms. The average Bonchev–Trinajstić information content (AvgIpc) is 2.26. The number of nitrogens with one attached hydrogen (secondary N) is 2. The number of piperazine rings is 1. The van der Waals surface area contributed by atoms with Crippen LogP contribution in [0.15, 0.2) is 0 Å². The molecule has 0 aromatic heterocycles. The van der Waals surface area contributed by atoms with E-state index in [0.717, 1.165) is 26.2 Å². The van der Waals surface area contributed by atoms with E-state index in [2.05, 4.69) is 10.6 Å². The van der Waals surface area contributed by atoms with Crippen molar-refractivity contribution in [3.63, 3.8) is 0 Å². The van der Waals surface area contributed by atoms with Crippen LogP contribution < -0.4 is 10.6 Å². The molecular formula is C10H19N3O4. The summed E-state index contributed by atoms with van der Waals surface area (Å²) in [6.07, 6.45) is -1.11. The number of hydrogen-bond acceptors (Lipinski definition) is 5. The summed E-state index contributed by atoms with van der Waals surface area (Å²) in [7, 11) is 0. The molecule has 98 valence electrons. The largest absolute Gasteiger partial charge is 0.480 e. The van der Waals surface area contributed by atoms with E-state index in [-0.39, 0.29) is 12.5 Å². The Kier molecular flexibility index (Phi) is 5.33. The SMILES string of the molecule is C[C@@H](O)[C@H](NC(=O)CN1CCNCC1)C(=O)O. The van der Waals surface area contributed by atoms with Crippen LogP contribution in [0.5, 0.6) is 0 Å². The molecule has 1 heterocycles. The van der Waals surface area contributed by atoms with Crippen molar-refractivity contribution in [1.29, 1.82) is 0 Å². The molecule has 0 aromatic carbocycles. The van der Waals surface area contributed by atoms with Gasteiger partial charge in [0.15, 0.2) is 6.04 Å². The molecule has 0 saturated carbocycles. The summed E-state index contributed by atoms with van der Waals surface area (Å²) in [4.78, 5) is 24.3. The first-order chi connectivity index (χ1) is 8.00. The number of amides is 1. The molecule has 2 atom stereocenters. The van der Waals surface area contributed by atoms with Gasteiger partial charge in [-0.2, -0.15) is 0 Å². The number of aliphatic carboxylic acids is 1. The van der Waals surface area contributed by atoms with Crippen molar-refractivity contribution in [2.45, 2.75) is 19.1 Å². The minimum absolute atomic E-state index is 0.165. The number of carboxylic acids is 1. The zero-order valence-electron chi connectivity index (χ0n) is 9.85. The number of aliphatic hydroxyl groups is 1. The number of carboxylic acid groups (broad SMARTS) is 1.